The third-order valence-corrected chi connectivity index (χ3v) is 11.3. The molecule has 0 fully saturated rings. The summed E-state index contributed by atoms with van der Waals surface area (Å²) in [6.07, 6.45) is 63.1. The lowest BCUT2D eigenvalue weighted by molar-refractivity contribution is 0.381. The monoisotopic (exact) mass is 660 g/mol. The Kier molecular flexibility index (Phi) is 44.0. The van der Waals surface area contributed by atoms with Gasteiger partial charge in [-0.15, -0.1) is 0 Å². The van der Waals surface area contributed by atoms with Crippen molar-refractivity contribution in [2.75, 3.05) is 0 Å². The lowest BCUT2D eigenvalue weighted by atomic mass is 9.90. The van der Waals surface area contributed by atoms with Gasteiger partial charge in [-0.2, -0.15) is 0 Å². The molecule has 0 rings (SSSR count). The topological polar surface area (TPSA) is 0 Å². The van der Waals surface area contributed by atoms with Crippen LogP contribution in [-0.2, 0) is 0 Å². The zero-order valence-electron chi connectivity index (χ0n) is 33.7. The third-order valence-electron chi connectivity index (χ3n) is 11.3. The van der Waals surface area contributed by atoms with Gasteiger partial charge in [0.15, 0.2) is 0 Å². The largest absolute Gasteiger partial charge is 0.0654 e. The summed E-state index contributed by atoms with van der Waals surface area (Å²) >= 11 is 0. The van der Waals surface area contributed by atoms with Crippen molar-refractivity contribution in [1.29, 1.82) is 0 Å². The minimum atomic E-state index is 0.967. The molecule has 0 aliphatic rings. The van der Waals surface area contributed by atoms with E-state index in [1.54, 1.807) is 0 Å². The highest BCUT2D eigenvalue weighted by molar-refractivity contribution is 4.62. The predicted octanol–water partition coefficient (Wildman–Crippen LogP) is 18.3. The van der Waals surface area contributed by atoms with E-state index in [-0.39, 0.29) is 0 Å². The van der Waals surface area contributed by atoms with Gasteiger partial charge in [0.2, 0.25) is 0 Å². The van der Waals surface area contributed by atoms with Gasteiger partial charge in [0.25, 0.3) is 0 Å². The second kappa shape index (κ2) is 44.0. The Hall–Kier alpha value is 0. The number of unbranched alkanes of at least 4 members (excludes halogenated alkanes) is 37. The first-order valence-electron chi connectivity index (χ1n) is 23.1. The van der Waals surface area contributed by atoms with E-state index in [1.165, 1.54) is 270 Å². The quantitative estimate of drug-likeness (QED) is 0.0571. The maximum Gasteiger partial charge on any atom is -0.0414 e. The van der Waals surface area contributed by atoms with Crippen molar-refractivity contribution in [1.82, 2.24) is 0 Å². The van der Waals surface area contributed by atoms with Gasteiger partial charge in [-0.05, 0) is 5.92 Å². The van der Waals surface area contributed by atoms with E-state index in [0.717, 1.165) is 12.3 Å². The van der Waals surface area contributed by atoms with Gasteiger partial charge in [0.05, 0.1) is 0 Å². The van der Waals surface area contributed by atoms with Crippen molar-refractivity contribution in [3.8, 4) is 0 Å². The normalized spacial score (nSPS) is 12.3. The molecule has 1 unspecified atom stereocenters. The van der Waals surface area contributed by atoms with Crippen LogP contribution in [0.3, 0.4) is 0 Å². The first-order valence-corrected chi connectivity index (χ1v) is 23.1. The summed E-state index contributed by atoms with van der Waals surface area (Å²) in [5, 5.41) is 0. The maximum atomic E-state index is 4.19. The average Bonchev–Trinajstić information content (AvgIpc) is 3.08. The van der Waals surface area contributed by atoms with Crippen LogP contribution in [0.4, 0.5) is 0 Å². The van der Waals surface area contributed by atoms with Crippen LogP contribution in [0.2, 0.25) is 0 Å². The van der Waals surface area contributed by atoms with Crippen molar-refractivity contribution in [3.05, 3.63) is 6.92 Å². The molecule has 0 amide bonds. The molecular formula is C47H95. The van der Waals surface area contributed by atoms with Crippen LogP contribution in [0.1, 0.15) is 290 Å². The summed E-state index contributed by atoms with van der Waals surface area (Å²) < 4.78 is 0. The zero-order chi connectivity index (χ0) is 34.0. The van der Waals surface area contributed by atoms with Crippen molar-refractivity contribution in [2.45, 2.75) is 290 Å². The summed E-state index contributed by atoms with van der Waals surface area (Å²) in [5.74, 6) is 0.967. The summed E-state index contributed by atoms with van der Waals surface area (Å²) in [6, 6.07) is 0. The molecule has 0 aromatic carbocycles. The molecule has 0 aromatic heterocycles. The molecule has 0 spiro atoms. The van der Waals surface area contributed by atoms with E-state index in [1.807, 2.05) is 0 Å². The minimum absolute atomic E-state index is 0.967. The summed E-state index contributed by atoms with van der Waals surface area (Å²) in [4.78, 5) is 0. The summed E-state index contributed by atoms with van der Waals surface area (Å²) in [7, 11) is 0. The van der Waals surface area contributed by atoms with E-state index in [0.29, 0.717) is 0 Å². The first-order chi connectivity index (χ1) is 23.3. The standard InChI is InChI=1S/C47H95/c1-4-7-9-11-13-15-17-19-21-23-25-26-27-29-31-33-35-37-39-41-43-46-47(44-6-3)45-42-40-38-36-34-32-30-28-24-22-20-18-16-14-12-10-8-5-2/h47H,3-46H2,1-2H3. The Labute approximate surface area is 302 Å². The molecule has 0 heterocycles. The molecule has 0 N–H and O–H groups in total. The lowest BCUT2D eigenvalue weighted by Crippen LogP contribution is -2.00. The molecule has 1 radical (unpaired) electrons. The Bertz CT molecular complexity index is 508. The zero-order valence-corrected chi connectivity index (χ0v) is 33.7. The van der Waals surface area contributed by atoms with Gasteiger partial charge >= 0.3 is 0 Å². The maximum absolute atomic E-state index is 4.19. The first kappa shape index (κ1) is 47.0. The van der Waals surface area contributed by atoms with E-state index in [2.05, 4.69) is 20.8 Å². The fourth-order valence-corrected chi connectivity index (χ4v) is 7.92. The number of hydrogen-bond acceptors (Lipinski definition) is 0. The molecule has 0 heteroatoms. The molecule has 0 aliphatic heterocycles. The Balaban J connectivity index is 3.32. The SMILES string of the molecule is [CH2]CCC(CCCCCCCCCCCCCCCCCCCC)CCCCCCCCCCCCCCCCCCCCCCC. The van der Waals surface area contributed by atoms with E-state index < -0.39 is 0 Å². The molecule has 0 aliphatic carbocycles. The highest BCUT2D eigenvalue weighted by atomic mass is 14.1. The van der Waals surface area contributed by atoms with Crippen LogP contribution in [0, 0.1) is 12.8 Å². The van der Waals surface area contributed by atoms with Crippen molar-refractivity contribution in [3.63, 3.8) is 0 Å². The predicted molar refractivity (Wildman–Crippen MR) is 219 cm³/mol. The van der Waals surface area contributed by atoms with Gasteiger partial charge in [0.1, 0.15) is 0 Å². The molecule has 283 valence electrons. The Morgan fingerprint density at radius 2 is 0.404 bits per heavy atom. The highest BCUT2D eigenvalue weighted by Crippen LogP contribution is 2.24. The van der Waals surface area contributed by atoms with Crippen LogP contribution in [0.5, 0.6) is 0 Å². The van der Waals surface area contributed by atoms with Gasteiger partial charge in [-0.1, -0.05) is 297 Å². The van der Waals surface area contributed by atoms with Gasteiger partial charge in [-0.25, -0.2) is 0 Å². The number of hydrogen-bond donors (Lipinski definition) is 0. The van der Waals surface area contributed by atoms with Gasteiger partial charge in [0, 0.05) is 0 Å². The van der Waals surface area contributed by atoms with Crippen LogP contribution in [0.15, 0.2) is 0 Å². The van der Waals surface area contributed by atoms with Crippen molar-refractivity contribution < 1.29 is 0 Å². The smallest absolute Gasteiger partial charge is 0.0414 e. The Morgan fingerprint density at radius 1 is 0.234 bits per heavy atom. The molecule has 0 nitrogen and oxygen atoms in total. The van der Waals surface area contributed by atoms with Crippen LogP contribution in [0.25, 0.3) is 0 Å². The van der Waals surface area contributed by atoms with E-state index in [4.69, 9.17) is 0 Å². The van der Waals surface area contributed by atoms with Crippen LogP contribution in [-0.4, -0.2) is 0 Å². The van der Waals surface area contributed by atoms with Gasteiger partial charge in [-0.3, -0.25) is 0 Å². The summed E-state index contributed by atoms with van der Waals surface area (Å²) in [5.41, 5.74) is 0. The van der Waals surface area contributed by atoms with E-state index >= 15 is 0 Å². The molecule has 0 aromatic rings. The highest BCUT2D eigenvalue weighted by Gasteiger charge is 2.07. The molecule has 47 heavy (non-hydrogen) atoms. The van der Waals surface area contributed by atoms with Crippen molar-refractivity contribution in [2.24, 2.45) is 5.92 Å². The molecule has 1 atom stereocenters. The van der Waals surface area contributed by atoms with Crippen LogP contribution < -0.4 is 0 Å². The fourth-order valence-electron chi connectivity index (χ4n) is 7.92. The molecule has 0 saturated heterocycles. The summed E-state index contributed by atoms with van der Waals surface area (Å²) in [6.45, 7) is 8.82. The second-order valence-corrected chi connectivity index (χ2v) is 16.2. The van der Waals surface area contributed by atoms with E-state index in [9.17, 15) is 0 Å². The number of rotatable bonds is 43. The fraction of sp³-hybridized carbons (Fsp3) is 0.979. The average molecular weight is 660 g/mol. The molecule has 0 saturated carbocycles. The van der Waals surface area contributed by atoms with Crippen molar-refractivity contribution >= 4 is 0 Å². The second-order valence-electron chi connectivity index (χ2n) is 16.2. The molecular weight excluding hydrogens is 565 g/mol. The Morgan fingerprint density at radius 3 is 0.574 bits per heavy atom. The molecule has 0 bridgehead atoms. The third kappa shape index (κ3) is 42.1. The van der Waals surface area contributed by atoms with Crippen LogP contribution >= 0.6 is 0 Å². The minimum Gasteiger partial charge on any atom is -0.0654 e. The lowest BCUT2D eigenvalue weighted by Gasteiger charge is -2.16. The van der Waals surface area contributed by atoms with Gasteiger partial charge < -0.3 is 0 Å².